The molecule has 0 aliphatic heterocycles. The van der Waals surface area contributed by atoms with Crippen LogP contribution in [0.3, 0.4) is 0 Å². The van der Waals surface area contributed by atoms with Crippen molar-refractivity contribution < 1.29 is 13.9 Å². The summed E-state index contributed by atoms with van der Waals surface area (Å²) in [5, 5.41) is 14.5. The molecule has 0 radical (unpaired) electrons. The molecule has 2 N–H and O–H groups in total. The standard InChI is InChI=1S/C16H16N6O3/c1-10(2)24-15(23)12-5-3-11(4-6-12)14-8-7-13(25-14)9-18-22-16(17)19-20-21-22/h3-10H,1-2H3,(H2,17,19,21). The van der Waals surface area contributed by atoms with E-state index in [0.29, 0.717) is 17.1 Å². The largest absolute Gasteiger partial charge is 0.459 e. The molecule has 0 aliphatic carbocycles. The minimum Gasteiger partial charge on any atom is -0.459 e. The summed E-state index contributed by atoms with van der Waals surface area (Å²) in [6.45, 7) is 3.61. The van der Waals surface area contributed by atoms with Gasteiger partial charge in [-0.3, -0.25) is 0 Å². The lowest BCUT2D eigenvalue weighted by atomic mass is 10.1. The van der Waals surface area contributed by atoms with Crippen molar-refractivity contribution in [3.05, 3.63) is 47.7 Å². The molecule has 9 nitrogen and oxygen atoms in total. The Morgan fingerprint density at radius 3 is 2.68 bits per heavy atom. The average Bonchev–Trinajstić information content (AvgIpc) is 3.21. The first-order valence-electron chi connectivity index (χ1n) is 7.52. The normalized spacial score (nSPS) is 11.3. The zero-order valence-corrected chi connectivity index (χ0v) is 13.7. The van der Waals surface area contributed by atoms with Crippen molar-refractivity contribution in [2.75, 3.05) is 5.73 Å². The first-order valence-corrected chi connectivity index (χ1v) is 7.52. The molecule has 3 aromatic rings. The lowest BCUT2D eigenvalue weighted by Gasteiger charge is -2.07. The van der Waals surface area contributed by atoms with Gasteiger partial charge in [-0.1, -0.05) is 22.0 Å². The van der Waals surface area contributed by atoms with Gasteiger partial charge in [0, 0.05) is 5.56 Å². The molecule has 128 valence electrons. The second-order valence-electron chi connectivity index (χ2n) is 5.40. The summed E-state index contributed by atoms with van der Waals surface area (Å²) < 4.78 is 10.8. The molecule has 9 heteroatoms. The molecule has 0 unspecified atom stereocenters. The summed E-state index contributed by atoms with van der Waals surface area (Å²) in [5.41, 5.74) is 6.82. The van der Waals surface area contributed by atoms with Gasteiger partial charge in [0.25, 0.3) is 5.95 Å². The van der Waals surface area contributed by atoms with Crippen LogP contribution in [0.15, 0.2) is 45.9 Å². The summed E-state index contributed by atoms with van der Waals surface area (Å²) in [5.74, 6) is 0.864. The minimum atomic E-state index is -0.354. The number of nitrogens with two attached hydrogens (primary N) is 1. The van der Waals surface area contributed by atoms with E-state index in [2.05, 4.69) is 20.6 Å². The van der Waals surface area contributed by atoms with Crippen LogP contribution in [0.25, 0.3) is 11.3 Å². The highest BCUT2D eigenvalue weighted by atomic mass is 16.5. The predicted octanol–water partition coefficient (Wildman–Crippen LogP) is 1.96. The van der Waals surface area contributed by atoms with E-state index in [1.807, 2.05) is 0 Å². The smallest absolute Gasteiger partial charge is 0.338 e. The lowest BCUT2D eigenvalue weighted by molar-refractivity contribution is 0.0378. The maximum atomic E-state index is 11.8. The number of furan rings is 1. The molecule has 2 aromatic heterocycles. The van der Waals surface area contributed by atoms with Crippen LogP contribution in [-0.4, -0.2) is 38.6 Å². The van der Waals surface area contributed by atoms with Gasteiger partial charge in [0.15, 0.2) is 0 Å². The van der Waals surface area contributed by atoms with Crippen LogP contribution in [0.2, 0.25) is 0 Å². The molecular formula is C16H16N6O3. The zero-order valence-electron chi connectivity index (χ0n) is 13.7. The minimum absolute atomic E-state index is 0.0758. The summed E-state index contributed by atoms with van der Waals surface area (Å²) in [7, 11) is 0. The number of anilines is 1. The van der Waals surface area contributed by atoms with E-state index in [1.54, 1.807) is 50.2 Å². The first kappa shape index (κ1) is 16.4. The Morgan fingerprint density at radius 2 is 2.04 bits per heavy atom. The number of hydrogen-bond acceptors (Lipinski definition) is 8. The van der Waals surface area contributed by atoms with E-state index in [-0.39, 0.29) is 18.0 Å². The highest BCUT2D eigenvalue weighted by Crippen LogP contribution is 2.22. The van der Waals surface area contributed by atoms with Gasteiger partial charge in [0.2, 0.25) is 0 Å². The van der Waals surface area contributed by atoms with E-state index in [4.69, 9.17) is 14.9 Å². The molecule has 0 amide bonds. The lowest BCUT2D eigenvalue weighted by Crippen LogP contribution is -2.11. The van der Waals surface area contributed by atoms with Crippen molar-refractivity contribution in [2.24, 2.45) is 5.10 Å². The van der Waals surface area contributed by atoms with Gasteiger partial charge in [0.1, 0.15) is 11.5 Å². The van der Waals surface area contributed by atoms with Gasteiger partial charge in [-0.15, -0.1) is 0 Å². The average molecular weight is 340 g/mol. The predicted molar refractivity (Wildman–Crippen MR) is 89.9 cm³/mol. The fourth-order valence-corrected chi connectivity index (χ4v) is 2.01. The number of nitrogens with zero attached hydrogens (tertiary/aromatic N) is 5. The third-order valence-electron chi connectivity index (χ3n) is 3.15. The topological polar surface area (TPSA) is 121 Å². The van der Waals surface area contributed by atoms with Crippen LogP contribution in [0.4, 0.5) is 5.95 Å². The van der Waals surface area contributed by atoms with Crippen molar-refractivity contribution in [3.8, 4) is 11.3 Å². The number of rotatable bonds is 5. The third kappa shape index (κ3) is 3.89. The molecule has 0 fully saturated rings. The summed E-state index contributed by atoms with van der Waals surface area (Å²) in [6.07, 6.45) is 1.29. The van der Waals surface area contributed by atoms with E-state index < -0.39 is 0 Å². The Kier molecular flexibility index (Phi) is 4.55. The molecule has 25 heavy (non-hydrogen) atoms. The number of esters is 1. The van der Waals surface area contributed by atoms with Gasteiger partial charge in [-0.05, 0) is 48.5 Å². The quantitative estimate of drug-likeness (QED) is 0.556. The van der Waals surface area contributed by atoms with Crippen LogP contribution < -0.4 is 5.73 Å². The number of carbonyl (C=O) groups excluding carboxylic acids is 1. The second kappa shape index (κ2) is 6.95. The fraction of sp³-hybridized carbons (Fsp3) is 0.188. The van der Waals surface area contributed by atoms with Gasteiger partial charge in [-0.25, -0.2) is 4.79 Å². The first-order chi connectivity index (χ1) is 12.0. The number of ether oxygens (including phenoxy) is 1. The Morgan fingerprint density at radius 1 is 1.28 bits per heavy atom. The summed E-state index contributed by atoms with van der Waals surface area (Å²) in [6, 6.07) is 10.5. The van der Waals surface area contributed by atoms with Crippen molar-refractivity contribution in [3.63, 3.8) is 0 Å². The second-order valence-corrected chi connectivity index (χ2v) is 5.40. The molecule has 1 aromatic carbocycles. The number of benzene rings is 1. The van der Waals surface area contributed by atoms with Crippen LogP contribution >= 0.6 is 0 Å². The van der Waals surface area contributed by atoms with E-state index >= 15 is 0 Å². The number of tetrazole rings is 1. The molecule has 0 saturated carbocycles. The number of hydrogen-bond donors (Lipinski definition) is 1. The van der Waals surface area contributed by atoms with Crippen LogP contribution in [0.5, 0.6) is 0 Å². The van der Waals surface area contributed by atoms with E-state index in [0.717, 1.165) is 10.4 Å². The molecule has 0 bridgehead atoms. The van der Waals surface area contributed by atoms with Crippen molar-refractivity contribution in [2.45, 2.75) is 20.0 Å². The highest BCUT2D eigenvalue weighted by Gasteiger charge is 2.10. The van der Waals surface area contributed by atoms with Gasteiger partial charge >= 0.3 is 5.97 Å². The monoisotopic (exact) mass is 340 g/mol. The molecule has 0 saturated heterocycles. The molecule has 0 atom stereocenters. The number of carbonyl (C=O) groups is 1. The Balaban J connectivity index is 1.73. The highest BCUT2D eigenvalue weighted by molar-refractivity contribution is 5.90. The van der Waals surface area contributed by atoms with Crippen molar-refractivity contribution in [1.82, 2.24) is 20.3 Å². The maximum absolute atomic E-state index is 11.8. The molecule has 0 aliphatic rings. The zero-order chi connectivity index (χ0) is 17.8. The SMILES string of the molecule is CC(C)OC(=O)c1ccc(-c2ccc(C=Nn3nnnc3N)o2)cc1. The maximum Gasteiger partial charge on any atom is 0.338 e. The Hall–Kier alpha value is -3.49. The van der Waals surface area contributed by atoms with Gasteiger partial charge in [0.05, 0.1) is 17.9 Å². The Bertz CT molecular complexity index is 895. The fourth-order valence-electron chi connectivity index (χ4n) is 2.01. The number of aromatic nitrogens is 4. The van der Waals surface area contributed by atoms with Crippen LogP contribution in [0, 0.1) is 0 Å². The van der Waals surface area contributed by atoms with Gasteiger partial charge < -0.3 is 14.9 Å². The van der Waals surface area contributed by atoms with E-state index in [9.17, 15) is 4.79 Å². The summed E-state index contributed by atoms with van der Waals surface area (Å²) >= 11 is 0. The van der Waals surface area contributed by atoms with Crippen molar-refractivity contribution in [1.29, 1.82) is 0 Å². The third-order valence-corrected chi connectivity index (χ3v) is 3.15. The number of nitrogen functional groups attached to an aromatic ring is 1. The van der Waals surface area contributed by atoms with Gasteiger partial charge in [-0.2, -0.15) is 5.10 Å². The Labute approximate surface area is 143 Å². The van der Waals surface area contributed by atoms with E-state index in [1.165, 1.54) is 6.21 Å². The van der Waals surface area contributed by atoms with Crippen molar-refractivity contribution >= 4 is 18.1 Å². The van der Waals surface area contributed by atoms with Crippen LogP contribution in [-0.2, 0) is 4.74 Å². The molecule has 0 spiro atoms. The molecule has 2 heterocycles. The summed E-state index contributed by atoms with van der Waals surface area (Å²) in [4.78, 5) is 12.9. The molecular weight excluding hydrogens is 324 g/mol. The van der Waals surface area contributed by atoms with Crippen LogP contribution in [0.1, 0.15) is 30.0 Å². The molecule has 3 rings (SSSR count).